The molecule has 2 aromatic heterocycles. The van der Waals surface area contributed by atoms with Gasteiger partial charge in [-0.15, -0.1) is 0 Å². The molecule has 0 radical (unpaired) electrons. The fourth-order valence-corrected chi connectivity index (χ4v) is 3.23. The first-order valence-corrected chi connectivity index (χ1v) is 9.00. The molecule has 4 aromatic rings. The first-order valence-electron chi connectivity index (χ1n) is 9.00. The number of aromatic hydroxyl groups is 1. The van der Waals surface area contributed by atoms with Crippen LogP contribution in [0.2, 0.25) is 0 Å². The molecule has 142 valence electrons. The number of aromatic nitrogens is 1. The molecule has 2 heterocycles. The predicted octanol–water partition coefficient (Wildman–Crippen LogP) is 4.28. The maximum absolute atomic E-state index is 12.6. The van der Waals surface area contributed by atoms with Crippen molar-refractivity contribution in [3.05, 3.63) is 93.7 Å². The molecule has 0 spiro atoms. The third kappa shape index (κ3) is 3.42. The number of benzene rings is 2. The van der Waals surface area contributed by atoms with Crippen LogP contribution in [0.25, 0.3) is 10.8 Å². The number of fused-ring (bicyclic) bond motifs is 1. The molecule has 6 nitrogen and oxygen atoms in total. The number of nitriles is 1. The van der Waals surface area contributed by atoms with Gasteiger partial charge in [0, 0.05) is 6.21 Å². The van der Waals surface area contributed by atoms with Crippen molar-refractivity contribution < 1.29 is 9.52 Å². The standard InChI is InChI=1S/C23H17N3O3/c1-15-20(12-24)22(27)26(14-19-7-4-10-29-19)23(28)21(15)13-25-18-9-8-16-5-2-3-6-17(16)11-18/h2-11,13,28H,14H2,1H3. The normalized spacial score (nSPS) is 11.2. The van der Waals surface area contributed by atoms with Gasteiger partial charge < -0.3 is 9.52 Å². The van der Waals surface area contributed by atoms with E-state index in [0.717, 1.165) is 15.3 Å². The van der Waals surface area contributed by atoms with Crippen molar-refractivity contribution in [2.75, 3.05) is 0 Å². The van der Waals surface area contributed by atoms with Crippen molar-refractivity contribution in [3.8, 4) is 11.9 Å². The lowest BCUT2D eigenvalue weighted by Gasteiger charge is -2.13. The zero-order valence-corrected chi connectivity index (χ0v) is 15.7. The summed E-state index contributed by atoms with van der Waals surface area (Å²) in [5.41, 5.74) is 0.803. The van der Waals surface area contributed by atoms with Gasteiger partial charge in [0.15, 0.2) is 0 Å². The van der Waals surface area contributed by atoms with Gasteiger partial charge >= 0.3 is 0 Å². The molecule has 2 aromatic carbocycles. The third-order valence-corrected chi connectivity index (χ3v) is 4.82. The summed E-state index contributed by atoms with van der Waals surface area (Å²) < 4.78 is 6.39. The van der Waals surface area contributed by atoms with E-state index in [4.69, 9.17) is 4.42 Å². The van der Waals surface area contributed by atoms with Crippen molar-refractivity contribution in [3.63, 3.8) is 0 Å². The zero-order chi connectivity index (χ0) is 20.4. The van der Waals surface area contributed by atoms with Crippen molar-refractivity contribution >= 4 is 22.7 Å². The first kappa shape index (κ1) is 18.3. The third-order valence-electron chi connectivity index (χ3n) is 4.82. The Bertz CT molecular complexity index is 1330. The molecule has 4 rings (SSSR count). The molecule has 0 saturated carbocycles. The monoisotopic (exact) mass is 383 g/mol. The van der Waals surface area contributed by atoms with Crippen molar-refractivity contribution in [1.29, 1.82) is 5.26 Å². The second-order valence-electron chi connectivity index (χ2n) is 6.61. The second-order valence-corrected chi connectivity index (χ2v) is 6.61. The van der Waals surface area contributed by atoms with Crippen LogP contribution in [0.3, 0.4) is 0 Å². The van der Waals surface area contributed by atoms with Crippen LogP contribution in [0, 0.1) is 18.3 Å². The molecule has 0 aliphatic carbocycles. The van der Waals surface area contributed by atoms with E-state index in [1.807, 2.05) is 48.5 Å². The summed E-state index contributed by atoms with van der Waals surface area (Å²) in [6.45, 7) is 1.64. The van der Waals surface area contributed by atoms with E-state index in [-0.39, 0.29) is 18.0 Å². The minimum Gasteiger partial charge on any atom is -0.494 e. The molecule has 0 aliphatic rings. The highest BCUT2D eigenvalue weighted by Crippen LogP contribution is 2.24. The topological polar surface area (TPSA) is 91.5 Å². The second kappa shape index (κ2) is 7.49. The Labute approximate surface area is 166 Å². The molecule has 0 saturated heterocycles. The lowest BCUT2D eigenvalue weighted by molar-refractivity contribution is 0.397. The SMILES string of the molecule is Cc1c(C=Nc2ccc3ccccc3c2)c(O)n(Cc2ccco2)c(=O)c1C#N. The number of nitrogens with zero attached hydrogens (tertiary/aromatic N) is 3. The molecule has 0 aliphatic heterocycles. The molecule has 0 atom stereocenters. The fraction of sp³-hybridized carbons (Fsp3) is 0.0870. The number of pyridine rings is 1. The molecule has 6 heteroatoms. The van der Waals surface area contributed by atoms with E-state index in [9.17, 15) is 15.2 Å². The Morgan fingerprint density at radius 3 is 2.69 bits per heavy atom. The number of rotatable bonds is 4. The first-order chi connectivity index (χ1) is 14.1. The summed E-state index contributed by atoms with van der Waals surface area (Å²) in [4.78, 5) is 17.1. The molecular weight excluding hydrogens is 366 g/mol. The summed E-state index contributed by atoms with van der Waals surface area (Å²) >= 11 is 0. The number of furan rings is 1. The van der Waals surface area contributed by atoms with E-state index in [0.29, 0.717) is 22.6 Å². The fourth-order valence-electron chi connectivity index (χ4n) is 3.23. The van der Waals surface area contributed by atoms with E-state index >= 15 is 0 Å². The van der Waals surface area contributed by atoms with Crippen molar-refractivity contribution in [1.82, 2.24) is 4.57 Å². The Balaban J connectivity index is 1.80. The summed E-state index contributed by atoms with van der Waals surface area (Å²) in [5.74, 6) is 0.236. The average molecular weight is 383 g/mol. The van der Waals surface area contributed by atoms with Crippen LogP contribution in [0.5, 0.6) is 5.88 Å². The lowest BCUT2D eigenvalue weighted by atomic mass is 10.1. The molecule has 1 N–H and O–H groups in total. The Kier molecular flexibility index (Phi) is 4.71. The summed E-state index contributed by atoms with van der Waals surface area (Å²) in [6.07, 6.45) is 2.96. The van der Waals surface area contributed by atoms with E-state index in [1.54, 1.807) is 19.1 Å². The minimum absolute atomic E-state index is 0.0173. The minimum atomic E-state index is -0.568. The number of hydrogen-bond acceptors (Lipinski definition) is 5. The summed E-state index contributed by atoms with van der Waals surface area (Å²) in [5, 5.41) is 22.3. The van der Waals surface area contributed by atoms with Gasteiger partial charge in [0.25, 0.3) is 5.56 Å². The van der Waals surface area contributed by atoms with Gasteiger partial charge in [-0.05, 0) is 47.5 Å². The molecule has 0 bridgehead atoms. The molecule has 0 amide bonds. The van der Waals surface area contributed by atoms with Crippen LogP contribution in [0.1, 0.15) is 22.5 Å². The lowest BCUT2D eigenvalue weighted by Crippen LogP contribution is -2.25. The van der Waals surface area contributed by atoms with Crippen LogP contribution in [0.4, 0.5) is 5.69 Å². The van der Waals surface area contributed by atoms with Gasteiger partial charge in [-0.3, -0.25) is 14.4 Å². The number of hydrogen-bond donors (Lipinski definition) is 1. The Hall–Kier alpha value is -4.11. The predicted molar refractivity (Wildman–Crippen MR) is 111 cm³/mol. The van der Waals surface area contributed by atoms with Crippen molar-refractivity contribution in [2.45, 2.75) is 13.5 Å². The van der Waals surface area contributed by atoms with Gasteiger partial charge in [0.05, 0.1) is 24.1 Å². The van der Waals surface area contributed by atoms with Gasteiger partial charge in [-0.25, -0.2) is 0 Å². The summed E-state index contributed by atoms with van der Waals surface area (Å²) in [6, 6.07) is 19.0. The van der Waals surface area contributed by atoms with E-state index < -0.39 is 5.56 Å². The maximum Gasteiger partial charge on any atom is 0.271 e. The van der Waals surface area contributed by atoms with E-state index in [2.05, 4.69) is 4.99 Å². The highest BCUT2D eigenvalue weighted by atomic mass is 16.3. The van der Waals surface area contributed by atoms with Gasteiger partial charge in [-0.1, -0.05) is 30.3 Å². The molecular formula is C23H17N3O3. The molecule has 0 fully saturated rings. The maximum atomic E-state index is 12.6. The molecule has 0 unspecified atom stereocenters. The number of aliphatic imine (C=N–C) groups is 1. The van der Waals surface area contributed by atoms with Crippen LogP contribution in [0.15, 0.2) is 75.1 Å². The smallest absolute Gasteiger partial charge is 0.271 e. The Morgan fingerprint density at radius 2 is 1.97 bits per heavy atom. The van der Waals surface area contributed by atoms with Gasteiger partial charge in [0.2, 0.25) is 5.88 Å². The van der Waals surface area contributed by atoms with Gasteiger partial charge in [0.1, 0.15) is 17.4 Å². The highest BCUT2D eigenvalue weighted by Gasteiger charge is 2.18. The zero-order valence-electron chi connectivity index (χ0n) is 15.7. The Morgan fingerprint density at radius 1 is 1.17 bits per heavy atom. The van der Waals surface area contributed by atoms with Crippen LogP contribution in [-0.4, -0.2) is 15.9 Å². The van der Waals surface area contributed by atoms with Crippen LogP contribution < -0.4 is 5.56 Å². The van der Waals surface area contributed by atoms with Crippen LogP contribution in [-0.2, 0) is 6.54 Å². The van der Waals surface area contributed by atoms with E-state index in [1.165, 1.54) is 12.5 Å². The quantitative estimate of drug-likeness (QED) is 0.533. The average Bonchev–Trinajstić information content (AvgIpc) is 3.24. The van der Waals surface area contributed by atoms with Crippen LogP contribution >= 0.6 is 0 Å². The van der Waals surface area contributed by atoms with Crippen molar-refractivity contribution in [2.24, 2.45) is 4.99 Å². The summed E-state index contributed by atoms with van der Waals surface area (Å²) in [7, 11) is 0. The largest absolute Gasteiger partial charge is 0.494 e. The molecule has 29 heavy (non-hydrogen) atoms. The van der Waals surface area contributed by atoms with Gasteiger partial charge in [-0.2, -0.15) is 5.26 Å². The highest BCUT2D eigenvalue weighted by molar-refractivity contribution is 5.90.